The Hall–Kier alpha value is -3.79. The minimum absolute atomic E-state index is 0.0686. The first kappa shape index (κ1) is 20.0. The molecular weight excluding hydrogens is 379 g/mol. The van der Waals surface area contributed by atoms with Crippen molar-refractivity contribution in [2.45, 2.75) is 13.8 Å². The molecule has 2 heterocycles. The van der Waals surface area contributed by atoms with Gasteiger partial charge in [-0.3, -0.25) is 4.79 Å². The number of fused-ring (bicyclic) bond motifs is 1. The highest BCUT2D eigenvalue weighted by atomic mass is 19.2. The maximum Gasteiger partial charge on any atom is 0.256 e. The van der Waals surface area contributed by atoms with Gasteiger partial charge in [-0.25, -0.2) is 18.2 Å². The van der Waals surface area contributed by atoms with Gasteiger partial charge < -0.3 is 9.72 Å². The molecule has 2 aromatic heterocycles. The number of nitrogens with zero attached hydrogens (tertiary/aromatic N) is 2. The molecule has 0 bridgehead atoms. The number of amides is 1. The van der Waals surface area contributed by atoms with E-state index in [4.69, 9.17) is 6.42 Å². The van der Waals surface area contributed by atoms with E-state index in [0.717, 1.165) is 22.5 Å². The predicted molar refractivity (Wildman–Crippen MR) is 104 cm³/mol. The van der Waals surface area contributed by atoms with E-state index in [-0.39, 0.29) is 11.3 Å². The number of rotatable bonds is 4. The van der Waals surface area contributed by atoms with Crippen molar-refractivity contribution in [1.82, 2.24) is 14.7 Å². The SMILES string of the molecule is C#CC(=CC=C(C)c1cn2cc(C)ccc2n1)NC(=O)c1cc(F)c(F)c(F)c1. The Balaban J connectivity index is 1.81. The molecule has 0 saturated heterocycles. The number of nitrogens with one attached hydrogen (secondary N) is 1. The third-order valence-electron chi connectivity index (χ3n) is 4.15. The van der Waals surface area contributed by atoms with Gasteiger partial charge in [-0.15, -0.1) is 6.42 Å². The number of hydrogen-bond donors (Lipinski definition) is 1. The second-order valence-corrected chi connectivity index (χ2v) is 6.38. The highest BCUT2D eigenvalue weighted by Gasteiger charge is 2.15. The minimum Gasteiger partial charge on any atom is -0.315 e. The normalized spacial score (nSPS) is 12.1. The number of pyridine rings is 1. The molecule has 7 heteroatoms. The zero-order valence-corrected chi connectivity index (χ0v) is 15.6. The van der Waals surface area contributed by atoms with Gasteiger partial charge in [-0.2, -0.15) is 0 Å². The summed E-state index contributed by atoms with van der Waals surface area (Å²) in [6.45, 7) is 3.80. The van der Waals surface area contributed by atoms with E-state index in [9.17, 15) is 18.0 Å². The molecule has 1 amide bonds. The van der Waals surface area contributed by atoms with Crippen LogP contribution in [0.1, 0.15) is 28.5 Å². The Morgan fingerprint density at radius 2 is 1.86 bits per heavy atom. The Bertz CT molecular complexity index is 1190. The topological polar surface area (TPSA) is 46.4 Å². The summed E-state index contributed by atoms with van der Waals surface area (Å²) in [5.41, 5.74) is 3.06. The van der Waals surface area contributed by atoms with Crippen LogP contribution in [0.5, 0.6) is 0 Å². The second kappa shape index (κ2) is 8.07. The molecule has 0 atom stereocenters. The average molecular weight is 395 g/mol. The monoisotopic (exact) mass is 395 g/mol. The molecule has 29 heavy (non-hydrogen) atoms. The van der Waals surface area contributed by atoms with Crippen LogP contribution in [0, 0.1) is 36.7 Å². The van der Waals surface area contributed by atoms with E-state index in [2.05, 4.69) is 16.2 Å². The van der Waals surface area contributed by atoms with E-state index >= 15 is 0 Å². The number of terminal acetylenes is 1. The van der Waals surface area contributed by atoms with E-state index in [1.165, 1.54) is 6.08 Å². The lowest BCUT2D eigenvalue weighted by molar-refractivity contribution is 0.0966. The number of carbonyl (C=O) groups is 1. The molecule has 3 rings (SSSR count). The summed E-state index contributed by atoms with van der Waals surface area (Å²) >= 11 is 0. The number of carbonyl (C=O) groups excluding carboxylic acids is 1. The van der Waals surface area contributed by atoms with E-state index < -0.39 is 23.4 Å². The Labute approximate surface area is 165 Å². The number of halogens is 3. The van der Waals surface area contributed by atoms with Gasteiger partial charge in [-0.05, 0) is 49.3 Å². The van der Waals surface area contributed by atoms with Gasteiger partial charge in [0, 0.05) is 18.0 Å². The third-order valence-corrected chi connectivity index (χ3v) is 4.15. The molecular formula is C22H16F3N3O. The first-order valence-electron chi connectivity index (χ1n) is 8.55. The summed E-state index contributed by atoms with van der Waals surface area (Å²) < 4.78 is 41.5. The fraction of sp³-hybridized carbons (Fsp3) is 0.0909. The highest BCUT2D eigenvalue weighted by molar-refractivity contribution is 5.95. The lowest BCUT2D eigenvalue weighted by Crippen LogP contribution is -2.22. The van der Waals surface area contributed by atoms with Crippen molar-refractivity contribution in [2.24, 2.45) is 0 Å². The number of benzene rings is 1. The maximum absolute atomic E-state index is 13.3. The first-order chi connectivity index (χ1) is 13.8. The van der Waals surface area contributed by atoms with Crippen LogP contribution in [0.25, 0.3) is 11.2 Å². The fourth-order valence-electron chi connectivity index (χ4n) is 2.59. The smallest absolute Gasteiger partial charge is 0.256 e. The van der Waals surface area contributed by atoms with E-state index in [1.54, 1.807) is 6.08 Å². The summed E-state index contributed by atoms with van der Waals surface area (Å²) in [7, 11) is 0. The summed E-state index contributed by atoms with van der Waals surface area (Å²) in [4.78, 5) is 16.7. The number of aromatic nitrogens is 2. The van der Waals surface area contributed by atoms with Gasteiger partial charge in [0.1, 0.15) is 5.65 Å². The molecule has 4 nitrogen and oxygen atoms in total. The van der Waals surface area contributed by atoms with Gasteiger partial charge in [0.25, 0.3) is 5.91 Å². The van der Waals surface area contributed by atoms with Crippen LogP contribution in [-0.2, 0) is 0 Å². The summed E-state index contributed by atoms with van der Waals surface area (Å²) in [6.07, 6.45) is 12.3. The van der Waals surface area contributed by atoms with Gasteiger partial charge >= 0.3 is 0 Å². The standard InChI is InChI=1S/C22H16F3N3O/c1-4-16(26-22(29)15-9-17(23)21(25)18(24)10-15)7-6-14(3)19-12-28-11-13(2)5-8-20(28)27-19/h1,5-12H,2-3H3,(H,26,29). The van der Waals surface area contributed by atoms with Crippen molar-refractivity contribution in [3.63, 3.8) is 0 Å². The lowest BCUT2D eigenvalue weighted by atomic mass is 10.1. The molecule has 0 aliphatic rings. The molecule has 0 saturated carbocycles. The quantitative estimate of drug-likeness (QED) is 0.404. The number of imidazole rings is 1. The molecule has 3 aromatic rings. The Kier molecular flexibility index (Phi) is 5.55. The van der Waals surface area contributed by atoms with Crippen LogP contribution in [0.2, 0.25) is 0 Å². The van der Waals surface area contributed by atoms with Gasteiger partial charge in [0.2, 0.25) is 0 Å². The number of aryl methyl sites for hydroxylation is 1. The van der Waals surface area contributed by atoms with Crippen LogP contribution in [0.3, 0.4) is 0 Å². The largest absolute Gasteiger partial charge is 0.315 e. The van der Waals surface area contributed by atoms with Gasteiger partial charge in [-0.1, -0.05) is 18.1 Å². The lowest BCUT2D eigenvalue weighted by Gasteiger charge is -2.05. The van der Waals surface area contributed by atoms with E-state index in [0.29, 0.717) is 12.1 Å². The van der Waals surface area contributed by atoms with Crippen LogP contribution >= 0.6 is 0 Å². The molecule has 146 valence electrons. The molecule has 0 unspecified atom stereocenters. The second-order valence-electron chi connectivity index (χ2n) is 6.38. The molecule has 0 spiro atoms. The maximum atomic E-state index is 13.3. The van der Waals surface area contributed by atoms with Crippen LogP contribution in [-0.4, -0.2) is 15.3 Å². The number of hydrogen-bond acceptors (Lipinski definition) is 2. The van der Waals surface area contributed by atoms with Crippen LogP contribution < -0.4 is 5.32 Å². The Morgan fingerprint density at radius 3 is 2.52 bits per heavy atom. The van der Waals surface area contributed by atoms with E-state index in [1.807, 2.05) is 42.8 Å². The van der Waals surface area contributed by atoms with Crippen molar-refractivity contribution in [3.8, 4) is 12.3 Å². The minimum atomic E-state index is -1.64. The van der Waals surface area contributed by atoms with Crippen LogP contribution in [0.15, 0.2) is 54.5 Å². The highest BCUT2D eigenvalue weighted by Crippen LogP contribution is 2.16. The summed E-state index contributed by atoms with van der Waals surface area (Å²) in [5, 5.41) is 2.36. The van der Waals surface area contributed by atoms with Crippen molar-refractivity contribution in [3.05, 3.63) is 88.8 Å². The molecule has 1 aromatic carbocycles. The van der Waals surface area contributed by atoms with Crippen LogP contribution in [0.4, 0.5) is 13.2 Å². The molecule has 0 aliphatic heterocycles. The Morgan fingerprint density at radius 1 is 1.17 bits per heavy atom. The van der Waals surface area contributed by atoms with Gasteiger partial charge in [0.15, 0.2) is 17.5 Å². The number of allylic oxidation sites excluding steroid dienone is 4. The van der Waals surface area contributed by atoms with Crippen molar-refractivity contribution >= 4 is 17.1 Å². The van der Waals surface area contributed by atoms with Crippen molar-refractivity contribution in [2.75, 3.05) is 0 Å². The predicted octanol–water partition coefficient (Wildman–Crippen LogP) is 4.41. The molecule has 0 radical (unpaired) electrons. The van der Waals surface area contributed by atoms with Crippen molar-refractivity contribution in [1.29, 1.82) is 0 Å². The molecule has 1 N–H and O–H groups in total. The van der Waals surface area contributed by atoms with Crippen molar-refractivity contribution < 1.29 is 18.0 Å². The third kappa shape index (κ3) is 4.38. The summed E-state index contributed by atoms with van der Waals surface area (Å²) in [5.74, 6) is -3.14. The molecule has 0 fully saturated rings. The van der Waals surface area contributed by atoms with Gasteiger partial charge in [0.05, 0.1) is 11.4 Å². The molecule has 0 aliphatic carbocycles. The zero-order chi connectivity index (χ0) is 21.1. The zero-order valence-electron chi connectivity index (χ0n) is 15.6. The average Bonchev–Trinajstić information content (AvgIpc) is 3.11. The first-order valence-corrected chi connectivity index (χ1v) is 8.55. The fourth-order valence-corrected chi connectivity index (χ4v) is 2.59. The summed E-state index contributed by atoms with van der Waals surface area (Å²) in [6, 6.07) is 5.05.